The summed E-state index contributed by atoms with van der Waals surface area (Å²) in [4.78, 5) is 5.58. The zero-order chi connectivity index (χ0) is 21.7. The number of benzene rings is 2. The van der Waals surface area contributed by atoms with Gasteiger partial charge in [0.15, 0.2) is 0 Å². The van der Waals surface area contributed by atoms with Crippen molar-refractivity contribution in [2.45, 2.75) is 37.7 Å². The molecule has 1 saturated carbocycles. The number of allylic oxidation sites excluding steroid dienone is 3. The van der Waals surface area contributed by atoms with E-state index in [2.05, 4.69) is 53.2 Å². The Morgan fingerprint density at radius 2 is 1.74 bits per heavy atom. The molecule has 4 rings (SSSR count). The number of nitriles is 1. The molecule has 2 aromatic carbocycles. The van der Waals surface area contributed by atoms with Gasteiger partial charge in [-0.2, -0.15) is 0 Å². The van der Waals surface area contributed by atoms with Crippen molar-refractivity contribution in [2.75, 3.05) is 11.9 Å². The van der Waals surface area contributed by atoms with E-state index < -0.39 is 0 Å². The molecule has 1 aliphatic carbocycles. The van der Waals surface area contributed by atoms with Gasteiger partial charge in [-0.25, -0.2) is 10.1 Å². The lowest BCUT2D eigenvalue weighted by molar-refractivity contribution is 0.00776. The standard InChI is InChI=1S/C27H25N3O/c1-29-26(20-28)22-18-25(31-27(19-22)16-6-7-17-27)15-12-21-10-13-24(14-11-21)30(2)23-8-4-3-5-9-23/h3-5,8-15,18H,6-7,16-17,19H2,2H3/b15-12+,26-22+. The molecule has 31 heavy (non-hydrogen) atoms. The summed E-state index contributed by atoms with van der Waals surface area (Å²) in [6.07, 6.45) is 10.7. The van der Waals surface area contributed by atoms with E-state index in [1.54, 1.807) is 0 Å². The van der Waals surface area contributed by atoms with Crippen molar-refractivity contribution in [2.24, 2.45) is 0 Å². The maximum atomic E-state index is 9.34. The number of para-hydroxylation sites is 1. The summed E-state index contributed by atoms with van der Waals surface area (Å²) in [5.74, 6) is 0.727. The molecule has 0 saturated heterocycles. The lowest BCUT2D eigenvalue weighted by atomic mass is 9.88. The molecule has 1 fully saturated rings. The molecule has 0 atom stereocenters. The second-order valence-electron chi connectivity index (χ2n) is 8.13. The molecule has 0 bridgehead atoms. The SMILES string of the molecule is [C-]#[N+]/C(C#N)=C1C=C(/C=C/c2ccc(N(C)c3ccccc3)cc2)OC2(CCCC2)C\1. The number of hydrogen-bond donors (Lipinski definition) is 0. The van der Waals surface area contributed by atoms with Crippen molar-refractivity contribution >= 4 is 17.5 Å². The van der Waals surface area contributed by atoms with Crippen LogP contribution in [0.4, 0.5) is 11.4 Å². The van der Waals surface area contributed by atoms with Crippen molar-refractivity contribution in [1.29, 1.82) is 5.26 Å². The minimum atomic E-state index is -0.265. The van der Waals surface area contributed by atoms with Crippen LogP contribution in [0.15, 0.2) is 83.8 Å². The van der Waals surface area contributed by atoms with E-state index in [1.165, 1.54) is 0 Å². The monoisotopic (exact) mass is 407 g/mol. The molecule has 154 valence electrons. The topological polar surface area (TPSA) is 40.6 Å². The Bertz CT molecular complexity index is 1090. The zero-order valence-electron chi connectivity index (χ0n) is 17.7. The molecule has 2 aliphatic rings. The summed E-state index contributed by atoms with van der Waals surface area (Å²) >= 11 is 0. The Kier molecular flexibility index (Phi) is 5.92. The van der Waals surface area contributed by atoms with Crippen molar-refractivity contribution in [1.82, 2.24) is 0 Å². The molecule has 1 aliphatic heterocycles. The summed E-state index contributed by atoms with van der Waals surface area (Å²) < 4.78 is 6.37. The van der Waals surface area contributed by atoms with Crippen LogP contribution in [0.5, 0.6) is 0 Å². The largest absolute Gasteiger partial charge is 0.487 e. The van der Waals surface area contributed by atoms with Gasteiger partial charge in [0, 0.05) is 24.8 Å². The molecule has 1 spiro atoms. The van der Waals surface area contributed by atoms with E-state index >= 15 is 0 Å². The van der Waals surface area contributed by atoms with Crippen LogP contribution in [-0.2, 0) is 4.74 Å². The first-order valence-corrected chi connectivity index (χ1v) is 10.6. The Hall–Kier alpha value is -3.76. The molecule has 0 aromatic heterocycles. The first-order chi connectivity index (χ1) is 15.1. The summed E-state index contributed by atoms with van der Waals surface area (Å²) in [6, 6.07) is 20.7. The number of ether oxygens (including phenoxy) is 1. The fraction of sp³-hybridized carbons (Fsp3) is 0.259. The van der Waals surface area contributed by atoms with Gasteiger partial charge in [0.1, 0.15) is 11.4 Å². The maximum absolute atomic E-state index is 9.34. The molecular weight excluding hydrogens is 382 g/mol. The number of rotatable bonds is 4. The van der Waals surface area contributed by atoms with Gasteiger partial charge in [-0.3, -0.25) is 0 Å². The fourth-order valence-electron chi connectivity index (χ4n) is 4.37. The lowest BCUT2D eigenvalue weighted by Crippen LogP contribution is -2.31. The predicted octanol–water partition coefficient (Wildman–Crippen LogP) is 6.78. The second-order valence-corrected chi connectivity index (χ2v) is 8.13. The van der Waals surface area contributed by atoms with E-state index in [9.17, 15) is 5.26 Å². The third kappa shape index (κ3) is 4.55. The van der Waals surface area contributed by atoms with Gasteiger partial charge in [-0.15, -0.1) is 0 Å². The minimum Gasteiger partial charge on any atom is -0.487 e. The smallest absolute Gasteiger partial charge is 0.265 e. The van der Waals surface area contributed by atoms with Gasteiger partial charge in [0.25, 0.3) is 5.70 Å². The van der Waals surface area contributed by atoms with E-state index in [-0.39, 0.29) is 11.3 Å². The quantitative estimate of drug-likeness (QED) is 0.414. The number of hydrogen-bond acceptors (Lipinski definition) is 3. The Balaban J connectivity index is 1.55. The molecule has 1 heterocycles. The highest BCUT2D eigenvalue weighted by Gasteiger charge is 2.39. The molecule has 0 amide bonds. The van der Waals surface area contributed by atoms with E-state index in [1.807, 2.05) is 42.5 Å². The first-order valence-electron chi connectivity index (χ1n) is 10.6. The van der Waals surface area contributed by atoms with E-state index in [0.717, 1.165) is 54.0 Å². The molecule has 0 unspecified atom stereocenters. The van der Waals surface area contributed by atoms with Gasteiger partial charge in [-0.1, -0.05) is 36.4 Å². The molecule has 4 heteroatoms. The van der Waals surface area contributed by atoms with Gasteiger partial charge >= 0.3 is 0 Å². The van der Waals surface area contributed by atoms with Crippen LogP contribution in [0.25, 0.3) is 10.9 Å². The van der Waals surface area contributed by atoms with Crippen molar-refractivity contribution < 1.29 is 4.74 Å². The maximum Gasteiger partial charge on any atom is 0.265 e. The first kappa shape index (κ1) is 20.5. The highest BCUT2D eigenvalue weighted by atomic mass is 16.5. The van der Waals surface area contributed by atoms with Crippen LogP contribution >= 0.6 is 0 Å². The Labute approximate surface area is 184 Å². The summed E-state index contributed by atoms with van der Waals surface area (Å²) in [6.45, 7) is 7.33. The Morgan fingerprint density at radius 3 is 2.39 bits per heavy atom. The average Bonchev–Trinajstić information content (AvgIpc) is 3.26. The average molecular weight is 408 g/mol. The van der Waals surface area contributed by atoms with Gasteiger partial charge in [-0.05, 0) is 73.2 Å². The van der Waals surface area contributed by atoms with Crippen LogP contribution in [0, 0.1) is 17.9 Å². The van der Waals surface area contributed by atoms with Crippen molar-refractivity contribution in [3.8, 4) is 6.07 Å². The van der Waals surface area contributed by atoms with Gasteiger partial charge < -0.3 is 9.64 Å². The molecular formula is C27H25N3O. The molecule has 4 nitrogen and oxygen atoms in total. The molecule has 0 N–H and O–H groups in total. The highest BCUT2D eigenvalue weighted by Crippen LogP contribution is 2.44. The van der Waals surface area contributed by atoms with Crippen LogP contribution < -0.4 is 4.90 Å². The van der Waals surface area contributed by atoms with Crippen molar-refractivity contribution in [3.63, 3.8) is 0 Å². The summed E-state index contributed by atoms with van der Waals surface area (Å²) in [5, 5.41) is 9.34. The molecule has 0 radical (unpaired) electrons. The Morgan fingerprint density at radius 1 is 1.06 bits per heavy atom. The van der Waals surface area contributed by atoms with Crippen LogP contribution in [-0.4, -0.2) is 12.6 Å². The summed E-state index contributed by atoms with van der Waals surface area (Å²) in [7, 11) is 2.06. The second kappa shape index (κ2) is 8.94. The predicted molar refractivity (Wildman–Crippen MR) is 124 cm³/mol. The third-order valence-corrected chi connectivity index (χ3v) is 6.06. The number of nitrogens with zero attached hydrogens (tertiary/aromatic N) is 3. The van der Waals surface area contributed by atoms with E-state index in [4.69, 9.17) is 11.3 Å². The van der Waals surface area contributed by atoms with E-state index in [0.29, 0.717) is 6.42 Å². The van der Waals surface area contributed by atoms with Crippen LogP contribution in [0.2, 0.25) is 0 Å². The third-order valence-electron chi connectivity index (χ3n) is 6.06. The van der Waals surface area contributed by atoms with Gasteiger partial charge in [0.2, 0.25) is 0 Å². The highest BCUT2D eigenvalue weighted by molar-refractivity contribution is 5.65. The zero-order valence-corrected chi connectivity index (χ0v) is 17.7. The number of anilines is 2. The van der Waals surface area contributed by atoms with Crippen LogP contribution in [0.3, 0.4) is 0 Å². The lowest BCUT2D eigenvalue weighted by Gasteiger charge is -2.35. The normalized spacial score (nSPS) is 18.7. The molecule has 2 aromatic rings. The fourth-order valence-corrected chi connectivity index (χ4v) is 4.37. The minimum absolute atomic E-state index is 0.175. The van der Waals surface area contributed by atoms with Crippen molar-refractivity contribution in [3.05, 3.63) is 101 Å². The van der Waals surface area contributed by atoms with Gasteiger partial charge in [0.05, 0.1) is 12.6 Å². The van der Waals surface area contributed by atoms with Crippen LogP contribution in [0.1, 0.15) is 37.7 Å². The summed E-state index contributed by atoms with van der Waals surface area (Å²) in [5.41, 5.74) is 4.03.